The molecule has 0 bridgehead atoms. The van der Waals surface area contributed by atoms with Gasteiger partial charge in [-0.1, -0.05) is 6.07 Å². The number of hydrogen-bond donors (Lipinski definition) is 0. The molecule has 1 aromatic carbocycles. The lowest BCUT2D eigenvalue weighted by Crippen LogP contribution is -2.02. The Hall–Kier alpha value is -1.38. The summed E-state index contributed by atoms with van der Waals surface area (Å²) in [7, 11) is 1.63. The molecule has 0 atom stereocenters. The van der Waals surface area contributed by atoms with Crippen molar-refractivity contribution >= 4 is 0 Å². The highest BCUT2D eigenvalue weighted by Gasteiger charge is 2.13. The average molecular weight is 210 g/mol. The molecular formula is C12H18O3. The van der Waals surface area contributed by atoms with Crippen molar-refractivity contribution in [2.45, 2.75) is 20.8 Å². The van der Waals surface area contributed by atoms with Crippen molar-refractivity contribution in [3.63, 3.8) is 0 Å². The first-order chi connectivity index (χ1) is 7.24. The van der Waals surface area contributed by atoms with E-state index in [0.717, 1.165) is 11.3 Å². The zero-order chi connectivity index (χ0) is 11.3. The van der Waals surface area contributed by atoms with Gasteiger partial charge in [-0.3, -0.25) is 0 Å². The number of benzene rings is 1. The van der Waals surface area contributed by atoms with Crippen LogP contribution >= 0.6 is 0 Å². The van der Waals surface area contributed by atoms with E-state index in [0.29, 0.717) is 24.7 Å². The predicted molar refractivity (Wildman–Crippen MR) is 60.1 cm³/mol. The van der Waals surface area contributed by atoms with E-state index in [-0.39, 0.29) is 0 Å². The largest absolute Gasteiger partial charge is 0.493 e. The minimum Gasteiger partial charge on any atom is -0.493 e. The lowest BCUT2D eigenvalue weighted by atomic mass is 10.2. The maximum absolute atomic E-state index is 5.56. The minimum absolute atomic E-state index is 0.597. The van der Waals surface area contributed by atoms with E-state index in [4.69, 9.17) is 14.2 Å². The Morgan fingerprint density at radius 1 is 1.00 bits per heavy atom. The van der Waals surface area contributed by atoms with Crippen LogP contribution in [0, 0.1) is 6.92 Å². The summed E-state index contributed by atoms with van der Waals surface area (Å²) in [6.45, 7) is 7.10. The molecule has 15 heavy (non-hydrogen) atoms. The van der Waals surface area contributed by atoms with Crippen LogP contribution in [0.5, 0.6) is 17.2 Å². The Morgan fingerprint density at radius 2 is 1.60 bits per heavy atom. The third-order valence-corrected chi connectivity index (χ3v) is 2.07. The van der Waals surface area contributed by atoms with Gasteiger partial charge in [-0.05, 0) is 32.4 Å². The van der Waals surface area contributed by atoms with Gasteiger partial charge in [-0.15, -0.1) is 0 Å². The third-order valence-electron chi connectivity index (χ3n) is 2.07. The van der Waals surface area contributed by atoms with Crippen molar-refractivity contribution < 1.29 is 14.2 Å². The van der Waals surface area contributed by atoms with E-state index in [2.05, 4.69) is 0 Å². The van der Waals surface area contributed by atoms with Crippen molar-refractivity contribution in [2.24, 2.45) is 0 Å². The number of ether oxygens (including phenoxy) is 3. The fourth-order valence-electron chi connectivity index (χ4n) is 1.41. The van der Waals surface area contributed by atoms with Gasteiger partial charge in [-0.25, -0.2) is 0 Å². The van der Waals surface area contributed by atoms with Crippen LogP contribution in [0.25, 0.3) is 0 Å². The molecule has 0 aliphatic carbocycles. The molecule has 0 saturated carbocycles. The molecule has 0 saturated heterocycles. The molecule has 0 N–H and O–H groups in total. The second-order valence-electron chi connectivity index (χ2n) is 3.11. The zero-order valence-electron chi connectivity index (χ0n) is 9.79. The molecule has 3 nitrogen and oxygen atoms in total. The van der Waals surface area contributed by atoms with Crippen molar-refractivity contribution in [3.05, 3.63) is 17.7 Å². The zero-order valence-corrected chi connectivity index (χ0v) is 9.79. The Kier molecular flexibility index (Phi) is 4.28. The Balaban J connectivity index is 3.17. The maximum Gasteiger partial charge on any atom is 0.203 e. The van der Waals surface area contributed by atoms with Gasteiger partial charge in [0.1, 0.15) is 0 Å². The summed E-state index contributed by atoms with van der Waals surface area (Å²) in [6, 6.07) is 3.86. The second-order valence-corrected chi connectivity index (χ2v) is 3.11. The van der Waals surface area contributed by atoms with E-state index in [1.165, 1.54) is 0 Å². The van der Waals surface area contributed by atoms with Crippen LogP contribution < -0.4 is 14.2 Å². The molecule has 0 unspecified atom stereocenters. The first-order valence-corrected chi connectivity index (χ1v) is 5.17. The van der Waals surface area contributed by atoms with Gasteiger partial charge in [0.15, 0.2) is 11.5 Å². The molecule has 0 spiro atoms. The molecule has 0 heterocycles. The minimum atomic E-state index is 0.597. The summed E-state index contributed by atoms with van der Waals surface area (Å²) in [5, 5.41) is 0. The molecule has 3 heteroatoms. The highest BCUT2D eigenvalue weighted by molar-refractivity contribution is 5.55. The average Bonchev–Trinajstić information content (AvgIpc) is 2.24. The maximum atomic E-state index is 5.56. The van der Waals surface area contributed by atoms with E-state index in [1.807, 2.05) is 32.9 Å². The molecule has 1 aromatic rings. The SMILES string of the molecule is CCOc1c(C)ccc(OC)c1OCC. The highest BCUT2D eigenvalue weighted by Crippen LogP contribution is 2.39. The monoisotopic (exact) mass is 210 g/mol. The predicted octanol–water partition coefficient (Wildman–Crippen LogP) is 2.80. The lowest BCUT2D eigenvalue weighted by molar-refractivity contribution is 0.270. The van der Waals surface area contributed by atoms with Crippen molar-refractivity contribution in [1.82, 2.24) is 0 Å². The molecule has 0 aromatic heterocycles. The van der Waals surface area contributed by atoms with Crippen LogP contribution in [0.4, 0.5) is 0 Å². The van der Waals surface area contributed by atoms with Gasteiger partial charge >= 0.3 is 0 Å². The first-order valence-electron chi connectivity index (χ1n) is 5.17. The Labute approximate surface area is 91.0 Å². The van der Waals surface area contributed by atoms with Crippen LogP contribution in [0.15, 0.2) is 12.1 Å². The molecule has 0 amide bonds. The van der Waals surface area contributed by atoms with Crippen LogP contribution in [-0.2, 0) is 0 Å². The van der Waals surface area contributed by atoms with Crippen LogP contribution in [0.1, 0.15) is 19.4 Å². The lowest BCUT2D eigenvalue weighted by Gasteiger charge is -2.16. The van der Waals surface area contributed by atoms with Gasteiger partial charge in [-0.2, -0.15) is 0 Å². The normalized spacial score (nSPS) is 9.87. The van der Waals surface area contributed by atoms with Gasteiger partial charge in [0.05, 0.1) is 20.3 Å². The van der Waals surface area contributed by atoms with E-state index in [9.17, 15) is 0 Å². The van der Waals surface area contributed by atoms with Gasteiger partial charge in [0.2, 0.25) is 5.75 Å². The summed E-state index contributed by atoms with van der Waals surface area (Å²) >= 11 is 0. The van der Waals surface area contributed by atoms with Crippen LogP contribution in [0.2, 0.25) is 0 Å². The van der Waals surface area contributed by atoms with Gasteiger partial charge < -0.3 is 14.2 Å². The fourth-order valence-corrected chi connectivity index (χ4v) is 1.41. The van der Waals surface area contributed by atoms with Crippen molar-refractivity contribution in [2.75, 3.05) is 20.3 Å². The summed E-state index contributed by atoms with van der Waals surface area (Å²) < 4.78 is 16.3. The topological polar surface area (TPSA) is 27.7 Å². The van der Waals surface area contributed by atoms with Crippen LogP contribution in [0.3, 0.4) is 0 Å². The molecule has 0 fully saturated rings. The van der Waals surface area contributed by atoms with Crippen LogP contribution in [-0.4, -0.2) is 20.3 Å². The quantitative estimate of drug-likeness (QED) is 0.748. The van der Waals surface area contributed by atoms with Gasteiger partial charge in [0.25, 0.3) is 0 Å². The molecular weight excluding hydrogens is 192 g/mol. The number of hydrogen-bond acceptors (Lipinski definition) is 3. The summed E-state index contributed by atoms with van der Waals surface area (Å²) in [6.07, 6.45) is 0. The number of aryl methyl sites for hydroxylation is 1. The summed E-state index contributed by atoms with van der Waals surface area (Å²) in [4.78, 5) is 0. The number of methoxy groups -OCH3 is 1. The Bertz CT molecular complexity index is 321. The summed E-state index contributed by atoms with van der Waals surface area (Å²) in [5.74, 6) is 2.19. The fraction of sp³-hybridized carbons (Fsp3) is 0.500. The van der Waals surface area contributed by atoms with Crippen molar-refractivity contribution in [1.29, 1.82) is 0 Å². The Morgan fingerprint density at radius 3 is 2.13 bits per heavy atom. The first kappa shape index (κ1) is 11.7. The molecule has 84 valence electrons. The summed E-state index contributed by atoms with van der Waals surface area (Å²) in [5.41, 5.74) is 1.06. The number of rotatable bonds is 5. The molecule has 1 rings (SSSR count). The smallest absolute Gasteiger partial charge is 0.203 e. The molecule has 0 aliphatic rings. The van der Waals surface area contributed by atoms with E-state index in [1.54, 1.807) is 7.11 Å². The second kappa shape index (κ2) is 5.49. The van der Waals surface area contributed by atoms with Gasteiger partial charge in [0, 0.05) is 0 Å². The highest BCUT2D eigenvalue weighted by atomic mass is 16.5. The molecule has 0 radical (unpaired) electrons. The van der Waals surface area contributed by atoms with E-state index >= 15 is 0 Å². The third kappa shape index (κ3) is 2.55. The van der Waals surface area contributed by atoms with Crippen molar-refractivity contribution in [3.8, 4) is 17.2 Å². The standard InChI is InChI=1S/C12H18O3/c1-5-14-11-9(3)7-8-10(13-4)12(11)15-6-2/h7-8H,5-6H2,1-4H3. The van der Waals surface area contributed by atoms with E-state index < -0.39 is 0 Å². The molecule has 0 aliphatic heterocycles.